The van der Waals surface area contributed by atoms with Gasteiger partial charge in [0.15, 0.2) is 0 Å². The Morgan fingerprint density at radius 3 is 2.28 bits per heavy atom. The summed E-state index contributed by atoms with van der Waals surface area (Å²) in [6, 6.07) is 17.4. The number of ether oxygens (including phenoxy) is 1. The van der Waals surface area contributed by atoms with Crippen molar-refractivity contribution in [1.82, 2.24) is 5.32 Å². The van der Waals surface area contributed by atoms with Crippen molar-refractivity contribution in [3.8, 4) is 11.5 Å². The summed E-state index contributed by atoms with van der Waals surface area (Å²) in [5.74, 6) is 1.10. The number of hydrogen-bond donors (Lipinski definition) is 1. The molecular weight excluding hydrogens is 314 g/mol. The standard InChI is InChI=1S/C21H19NO3/c1-14(12-15-10-11-24-13-15)22-21(23)20-16-6-2-4-8-18(16)25-19-9-5-3-7-17(19)20/h2-11,13-14,20H,12H2,1H3,(H,22,23). The molecule has 25 heavy (non-hydrogen) atoms. The van der Waals surface area contributed by atoms with Gasteiger partial charge < -0.3 is 14.5 Å². The van der Waals surface area contributed by atoms with E-state index < -0.39 is 0 Å². The minimum absolute atomic E-state index is 0.00673. The van der Waals surface area contributed by atoms with Crippen LogP contribution in [0.2, 0.25) is 0 Å². The van der Waals surface area contributed by atoms with Gasteiger partial charge in [-0.25, -0.2) is 0 Å². The minimum Gasteiger partial charge on any atom is -0.472 e. The molecule has 1 N–H and O–H groups in total. The first-order valence-corrected chi connectivity index (χ1v) is 8.39. The summed E-state index contributed by atoms with van der Waals surface area (Å²) in [5, 5.41) is 3.13. The fourth-order valence-electron chi connectivity index (χ4n) is 3.33. The van der Waals surface area contributed by atoms with Crippen LogP contribution in [0.15, 0.2) is 71.5 Å². The van der Waals surface area contributed by atoms with Crippen molar-refractivity contribution in [2.75, 3.05) is 0 Å². The maximum Gasteiger partial charge on any atom is 0.232 e. The van der Waals surface area contributed by atoms with Crippen LogP contribution in [0, 0.1) is 0 Å². The Kier molecular flexibility index (Phi) is 4.02. The second-order valence-corrected chi connectivity index (χ2v) is 6.36. The van der Waals surface area contributed by atoms with Gasteiger partial charge in [0, 0.05) is 17.2 Å². The van der Waals surface area contributed by atoms with Gasteiger partial charge in [0.05, 0.1) is 18.4 Å². The van der Waals surface area contributed by atoms with Crippen LogP contribution in [0.4, 0.5) is 0 Å². The van der Waals surface area contributed by atoms with E-state index in [4.69, 9.17) is 9.15 Å². The highest BCUT2D eigenvalue weighted by molar-refractivity contribution is 5.89. The smallest absolute Gasteiger partial charge is 0.232 e. The molecule has 1 aliphatic heterocycles. The SMILES string of the molecule is CC(Cc1ccoc1)NC(=O)C1c2ccccc2Oc2ccccc21. The van der Waals surface area contributed by atoms with Crippen molar-refractivity contribution in [2.24, 2.45) is 0 Å². The molecule has 1 amide bonds. The van der Waals surface area contributed by atoms with Crippen LogP contribution in [0.1, 0.15) is 29.5 Å². The van der Waals surface area contributed by atoms with Gasteiger partial charge in [0.25, 0.3) is 0 Å². The number of para-hydroxylation sites is 2. The zero-order valence-corrected chi connectivity index (χ0v) is 13.9. The number of carbonyl (C=O) groups excluding carboxylic acids is 1. The van der Waals surface area contributed by atoms with E-state index in [1.54, 1.807) is 12.5 Å². The molecule has 1 unspecified atom stereocenters. The number of furan rings is 1. The summed E-state index contributed by atoms with van der Waals surface area (Å²) in [6.45, 7) is 2.00. The number of benzene rings is 2. The molecule has 1 aliphatic rings. The molecule has 2 heterocycles. The predicted molar refractivity (Wildman–Crippen MR) is 94.8 cm³/mol. The lowest BCUT2D eigenvalue weighted by Crippen LogP contribution is -2.38. The molecular formula is C21H19NO3. The lowest BCUT2D eigenvalue weighted by Gasteiger charge is -2.28. The summed E-state index contributed by atoms with van der Waals surface area (Å²) in [7, 11) is 0. The molecule has 0 saturated heterocycles. The lowest BCUT2D eigenvalue weighted by molar-refractivity contribution is -0.122. The first-order valence-electron chi connectivity index (χ1n) is 8.39. The fraction of sp³-hybridized carbons (Fsp3) is 0.190. The fourth-order valence-corrected chi connectivity index (χ4v) is 3.33. The normalized spacial score (nSPS) is 14.1. The highest BCUT2D eigenvalue weighted by Crippen LogP contribution is 2.43. The van der Waals surface area contributed by atoms with Crippen LogP contribution in [0.25, 0.3) is 0 Å². The van der Waals surface area contributed by atoms with Gasteiger partial charge in [-0.05, 0) is 37.1 Å². The lowest BCUT2D eigenvalue weighted by atomic mass is 9.87. The summed E-state index contributed by atoms with van der Waals surface area (Å²) >= 11 is 0. The number of hydrogen-bond acceptors (Lipinski definition) is 3. The van der Waals surface area contributed by atoms with Gasteiger partial charge in [-0.3, -0.25) is 4.79 Å². The van der Waals surface area contributed by atoms with E-state index in [2.05, 4.69) is 5.32 Å². The molecule has 0 spiro atoms. The predicted octanol–water partition coefficient (Wildman–Crippen LogP) is 4.26. The average molecular weight is 333 g/mol. The Labute approximate surface area is 146 Å². The highest BCUT2D eigenvalue weighted by Gasteiger charge is 2.32. The van der Waals surface area contributed by atoms with Crippen molar-refractivity contribution in [2.45, 2.75) is 25.3 Å². The van der Waals surface area contributed by atoms with Gasteiger partial charge in [-0.2, -0.15) is 0 Å². The van der Waals surface area contributed by atoms with Crippen LogP contribution in [0.5, 0.6) is 11.5 Å². The van der Waals surface area contributed by atoms with Crippen molar-refractivity contribution >= 4 is 5.91 Å². The van der Waals surface area contributed by atoms with E-state index in [0.717, 1.165) is 34.6 Å². The topological polar surface area (TPSA) is 51.5 Å². The van der Waals surface area contributed by atoms with Crippen LogP contribution in [-0.2, 0) is 11.2 Å². The van der Waals surface area contributed by atoms with Gasteiger partial charge >= 0.3 is 0 Å². The number of carbonyl (C=O) groups is 1. The molecule has 0 saturated carbocycles. The Hall–Kier alpha value is -3.01. The van der Waals surface area contributed by atoms with E-state index in [1.807, 2.05) is 61.5 Å². The summed E-state index contributed by atoms with van der Waals surface area (Å²) < 4.78 is 11.1. The number of fused-ring (bicyclic) bond motifs is 2. The third-order valence-electron chi connectivity index (χ3n) is 4.45. The first-order chi connectivity index (χ1) is 12.2. The van der Waals surface area contributed by atoms with Crippen molar-refractivity contribution in [1.29, 1.82) is 0 Å². The monoisotopic (exact) mass is 333 g/mol. The van der Waals surface area contributed by atoms with Crippen molar-refractivity contribution in [3.05, 3.63) is 83.8 Å². The third-order valence-corrected chi connectivity index (χ3v) is 4.45. The molecule has 4 nitrogen and oxygen atoms in total. The quantitative estimate of drug-likeness (QED) is 0.776. The van der Waals surface area contributed by atoms with Gasteiger partial charge in [-0.1, -0.05) is 36.4 Å². The highest BCUT2D eigenvalue weighted by atomic mass is 16.5. The van der Waals surface area contributed by atoms with E-state index in [0.29, 0.717) is 0 Å². The van der Waals surface area contributed by atoms with E-state index >= 15 is 0 Å². The van der Waals surface area contributed by atoms with Crippen LogP contribution in [0.3, 0.4) is 0 Å². The van der Waals surface area contributed by atoms with Crippen molar-refractivity contribution < 1.29 is 13.9 Å². The van der Waals surface area contributed by atoms with Crippen LogP contribution >= 0.6 is 0 Å². The molecule has 0 fully saturated rings. The second kappa shape index (κ2) is 6.48. The number of rotatable bonds is 4. The molecule has 0 radical (unpaired) electrons. The minimum atomic E-state index is -0.368. The first kappa shape index (κ1) is 15.5. The summed E-state index contributed by atoms with van der Waals surface area (Å²) in [6.07, 6.45) is 4.09. The Bertz CT molecular complexity index is 840. The summed E-state index contributed by atoms with van der Waals surface area (Å²) in [5.41, 5.74) is 2.86. The molecule has 0 aliphatic carbocycles. The van der Waals surface area contributed by atoms with Crippen LogP contribution < -0.4 is 10.1 Å². The Morgan fingerprint density at radius 2 is 1.68 bits per heavy atom. The largest absolute Gasteiger partial charge is 0.472 e. The average Bonchev–Trinajstić information content (AvgIpc) is 3.12. The maximum atomic E-state index is 13.1. The third kappa shape index (κ3) is 3.03. The van der Waals surface area contributed by atoms with Gasteiger partial charge in [0.1, 0.15) is 11.5 Å². The van der Waals surface area contributed by atoms with Gasteiger partial charge in [0.2, 0.25) is 5.91 Å². The van der Waals surface area contributed by atoms with E-state index in [1.165, 1.54) is 0 Å². The zero-order valence-electron chi connectivity index (χ0n) is 13.9. The molecule has 4 rings (SSSR count). The molecule has 3 aromatic rings. The second-order valence-electron chi connectivity index (χ2n) is 6.36. The zero-order chi connectivity index (χ0) is 17.2. The molecule has 0 bridgehead atoms. The van der Waals surface area contributed by atoms with Crippen LogP contribution in [-0.4, -0.2) is 11.9 Å². The van der Waals surface area contributed by atoms with Gasteiger partial charge in [-0.15, -0.1) is 0 Å². The molecule has 2 aromatic carbocycles. The molecule has 1 aromatic heterocycles. The summed E-state index contributed by atoms with van der Waals surface area (Å²) in [4.78, 5) is 13.1. The number of nitrogens with one attached hydrogen (secondary N) is 1. The molecule has 1 atom stereocenters. The van der Waals surface area contributed by atoms with E-state index in [-0.39, 0.29) is 17.9 Å². The van der Waals surface area contributed by atoms with Crippen molar-refractivity contribution in [3.63, 3.8) is 0 Å². The Balaban J connectivity index is 1.61. The maximum absolute atomic E-state index is 13.1. The molecule has 4 heteroatoms. The molecule has 126 valence electrons. The van der Waals surface area contributed by atoms with E-state index in [9.17, 15) is 4.79 Å². The Morgan fingerprint density at radius 1 is 1.04 bits per heavy atom. The number of amides is 1.